The predicted molar refractivity (Wildman–Crippen MR) is 46.7 cm³/mol. The van der Waals surface area contributed by atoms with Crippen LogP contribution in [0.2, 0.25) is 0 Å². The van der Waals surface area contributed by atoms with Crippen molar-refractivity contribution in [2.24, 2.45) is 0 Å². The molecule has 0 aliphatic carbocycles. The van der Waals surface area contributed by atoms with Gasteiger partial charge in [-0.05, 0) is 19.8 Å². The van der Waals surface area contributed by atoms with Gasteiger partial charge in [0.1, 0.15) is 0 Å². The Balaban J connectivity index is 2.31. The van der Waals surface area contributed by atoms with Crippen LogP contribution in [-0.2, 0) is 4.74 Å². The van der Waals surface area contributed by atoms with Crippen molar-refractivity contribution in [1.82, 2.24) is 4.90 Å². The summed E-state index contributed by atoms with van der Waals surface area (Å²) in [6.45, 7) is 3.94. The van der Waals surface area contributed by atoms with Crippen LogP contribution in [0.25, 0.3) is 0 Å². The van der Waals surface area contributed by atoms with Crippen LogP contribution in [0.1, 0.15) is 19.8 Å². The molecular formula is C9H16N2O. The molecule has 0 N–H and O–H groups in total. The molecule has 0 saturated carbocycles. The fraction of sp³-hybridized carbons (Fsp3) is 0.889. The third kappa shape index (κ3) is 2.20. The third-order valence-electron chi connectivity index (χ3n) is 2.54. The Bertz CT molecular complexity index is 168. The van der Waals surface area contributed by atoms with Crippen molar-refractivity contribution >= 4 is 0 Å². The molecule has 0 amide bonds. The van der Waals surface area contributed by atoms with Crippen LogP contribution in [0.5, 0.6) is 0 Å². The molecule has 0 aromatic heterocycles. The van der Waals surface area contributed by atoms with Crippen LogP contribution in [0.4, 0.5) is 0 Å². The van der Waals surface area contributed by atoms with Gasteiger partial charge in [-0.1, -0.05) is 0 Å². The first-order valence-corrected chi connectivity index (χ1v) is 4.44. The van der Waals surface area contributed by atoms with E-state index in [9.17, 15) is 0 Å². The quantitative estimate of drug-likeness (QED) is 0.617. The first-order valence-electron chi connectivity index (χ1n) is 4.44. The molecule has 0 aromatic carbocycles. The van der Waals surface area contributed by atoms with Gasteiger partial charge in [-0.25, -0.2) is 0 Å². The van der Waals surface area contributed by atoms with Crippen molar-refractivity contribution in [3.05, 3.63) is 0 Å². The third-order valence-corrected chi connectivity index (χ3v) is 2.54. The molecule has 1 rings (SSSR count). The smallest absolute Gasteiger partial charge is 0.0949 e. The van der Waals surface area contributed by atoms with Gasteiger partial charge < -0.3 is 4.74 Å². The normalized spacial score (nSPS) is 23.4. The van der Waals surface area contributed by atoms with Gasteiger partial charge in [0.15, 0.2) is 0 Å². The monoisotopic (exact) mass is 168 g/mol. The van der Waals surface area contributed by atoms with Gasteiger partial charge in [-0.3, -0.25) is 4.90 Å². The van der Waals surface area contributed by atoms with E-state index in [1.807, 2.05) is 6.92 Å². The summed E-state index contributed by atoms with van der Waals surface area (Å²) in [6.07, 6.45) is 2.53. The molecule has 1 unspecified atom stereocenters. The number of rotatable bonds is 2. The fourth-order valence-corrected chi connectivity index (χ4v) is 1.58. The summed E-state index contributed by atoms with van der Waals surface area (Å²) >= 11 is 0. The molecule has 1 fully saturated rings. The summed E-state index contributed by atoms with van der Waals surface area (Å²) in [4.78, 5) is 2.20. The standard InChI is InChI=1S/C9H16N2O/c1-8(7-10)11-5-3-9(12-2)4-6-11/h8-9H,3-6H2,1-2H3. The fourth-order valence-electron chi connectivity index (χ4n) is 1.58. The number of hydrogen-bond donors (Lipinski definition) is 0. The molecule has 1 saturated heterocycles. The van der Waals surface area contributed by atoms with Crippen molar-refractivity contribution in [3.8, 4) is 6.07 Å². The number of nitrogens with zero attached hydrogens (tertiary/aromatic N) is 2. The average Bonchev–Trinajstić information content (AvgIpc) is 2.17. The number of methoxy groups -OCH3 is 1. The van der Waals surface area contributed by atoms with Crippen LogP contribution < -0.4 is 0 Å². The van der Waals surface area contributed by atoms with Crippen molar-refractivity contribution in [1.29, 1.82) is 5.26 Å². The summed E-state index contributed by atoms with van der Waals surface area (Å²) in [5, 5.41) is 8.69. The van der Waals surface area contributed by atoms with E-state index in [4.69, 9.17) is 10.00 Å². The molecule has 1 aliphatic rings. The number of piperidine rings is 1. The second-order valence-electron chi connectivity index (χ2n) is 3.28. The lowest BCUT2D eigenvalue weighted by atomic mass is 10.1. The van der Waals surface area contributed by atoms with Crippen molar-refractivity contribution in [3.63, 3.8) is 0 Å². The number of ether oxygens (including phenoxy) is 1. The molecule has 3 heteroatoms. The Hall–Kier alpha value is -0.590. The van der Waals surface area contributed by atoms with Crippen LogP contribution >= 0.6 is 0 Å². The zero-order chi connectivity index (χ0) is 8.97. The zero-order valence-corrected chi connectivity index (χ0v) is 7.79. The van der Waals surface area contributed by atoms with Gasteiger partial charge >= 0.3 is 0 Å². The molecule has 0 bridgehead atoms. The van der Waals surface area contributed by atoms with E-state index >= 15 is 0 Å². The van der Waals surface area contributed by atoms with E-state index in [0.717, 1.165) is 25.9 Å². The Morgan fingerprint density at radius 3 is 2.50 bits per heavy atom. The highest BCUT2D eigenvalue weighted by atomic mass is 16.5. The van der Waals surface area contributed by atoms with E-state index < -0.39 is 0 Å². The maximum Gasteiger partial charge on any atom is 0.0949 e. The number of likely N-dealkylation sites (tertiary alicyclic amines) is 1. The molecule has 0 aromatic rings. The highest BCUT2D eigenvalue weighted by Gasteiger charge is 2.21. The molecule has 1 atom stereocenters. The lowest BCUT2D eigenvalue weighted by Gasteiger charge is -2.32. The SMILES string of the molecule is COC1CCN(C(C)C#N)CC1. The first kappa shape index (κ1) is 9.50. The second-order valence-corrected chi connectivity index (χ2v) is 3.28. The van der Waals surface area contributed by atoms with Crippen LogP contribution in [0, 0.1) is 11.3 Å². The van der Waals surface area contributed by atoms with E-state index in [1.54, 1.807) is 7.11 Å². The Kier molecular flexibility index (Phi) is 3.51. The molecule has 1 aliphatic heterocycles. The lowest BCUT2D eigenvalue weighted by Crippen LogP contribution is -2.41. The molecular weight excluding hydrogens is 152 g/mol. The van der Waals surface area contributed by atoms with Crippen LogP contribution in [-0.4, -0.2) is 37.2 Å². The minimum absolute atomic E-state index is 0.0582. The summed E-state index contributed by atoms with van der Waals surface area (Å²) < 4.78 is 5.24. The highest BCUT2D eigenvalue weighted by Crippen LogP contribution is 2.14. The van der Waals surface area contributed by atoms with Gasteiger partial charge in [0.2, 0.25) is 0 Å². The Morgan fingerprint density at radius 2 is 2.08 bits per heavy atom. The maximum absolute atomic E-state index is 8.69. The molecule has 68 valence electrons. The van der Waals surface area contributed by atoms with Gasteiger partial charge in [0.05, 0.1) is 18.2 Å². The van der Waals surface area contributed by atoms with E-state index in [0.29, 0.717) is 6.10 Å². The van der Waals surface area contributed by atoms with E-state index in [-0.39, 0.29) is 6.04 Å². The van der Waals surface area contributed by atoms with Crippen molar-refractivity contribution in [2.45, 2.75) is 31.9 Å². The minimum Gasteiger partial charge on any atom is -0.381 e. The molecule has 12 heavy (non-hydrogen) atoms. The summed E-state index contributed by atoms with van der Waals surface area (Å²) in [5.74, 6) is 0. The predicted octanol–water partition coefficient (Wildman–Crippen LogP) is 1.01. The molecule has 3 nitrogen and oxygen atoms in total. The summed E-state index contributed by atoms with van der Waals surface area (Å²) in [6, 6.07) is 2.31. The van der Waals surface area contributed by atoms with Crippen molar-refractivity contribution < 1.29 is 4.74 Å². The van der Waals surface area contributed by atoms with E-state index in [1.165, 1.54) is 0 Å². The van der Waals surface area contributed by atoms with Gasteiger partial charge in [0, 0.05) is 20.2 Å². The Labute approximate surface area is 73.9 Å². The molecule has 0 spiro atoms. The summed E-state index contributed by atoms with van der Waals surface area (Å²) in [7, 11) is 1.76. The van der Waals surface area contributed by atoms with Crippen LogP contribution in [0.3, 0.4) is 0 Å². The second kappa shape index (κ2) is 4.44. The lowest BCUT2D eigenvalue weighted by molar-refractivity contribution is 0.0362. The molecule has 1 heterocycles. The first-order chi connectivity index (χ1) is 5.77. The van der Waals surface area contributed by atoms with E-state index in [2.05, 4.69) is 11.0 Å². The number of nitriles is 1. The zero-order valence-electron chi connectivity index (χ0n) is 7.79. The average molecular weight is 168 g/mol. The van der Waals surface area contributed by atoms with Gasteiger partial charge in [0.25, 0.3) is 0 Å². The Morgan fingerprint density at radius 1 is 1.50 bits per heavy atom. The van der Waals surface area contributed by atoms with Crippen LogP contribution in [0.15, 0.2) is 0 Å². The maximum atomic E-state index is 8.69. The molecule has 0 radical (unpaired) electrons. The van der Waals surface area contributed by atoms with Gasteiger partial charge in [-0.2, -0.15) is 5.26 Å². The topological polar surface area (TPSA) is 36.3 Å². The number of hydrogen-bond acceptors (Lipinski definition) is 3. The highest BCUT2D eigenvalue weighted by molar-refractivity contribution is 4.90. The van der Waals surface area contributed by atoms with Crippen molar-refractivity contribution in [2.75, 3.05) is 20.2 Å². The minimum atomic E-state index is 0.0582. The largest absolute Gasteiger partial charge is 0.381 e. The van der Waals surface area contributed by atoms with Gasteiger partial charge in [-0.15, -0.1) is 0 Å². The summed E-state index contributed by atoms with van der Waals surface area (Å²) in [5.41, 5.74) is 0.